The van der Waals surface area contributed by atoms with Gasteiger partial charge in [-0.2, -0.15) is 0 Å². The minimum absolute atomic E-state index is 0.149. The average Bonchev–Trinajstić information content (AvgIpc) is 2.42. The van der Waals surface area contributed by atoms with Crippen LogP contribution in [-0.2, 0) is 25.7 Å². The molecule has 0 saturated heterocycles. The molecule has 1 aromatic rings. The predicted molar refractivity (Wildman–Crippen MR) is 66.2 cm³/mol. The number of aliphatic imine (C=N–C) groups is 1. The third-order valence-corrected chi connectivity index (χ3v) is 2.18. The van der Waals surface area contributed by atoms with Gasteiger partial charge in [0, 0.05) is 0 Å². The van der Waals surface area contributed by atoms with Gasteiger partial charge < -0.3 is 9.47 Å². The van der Waals surface area contributed by atoms with Crippen LogP contribution in [0, 0.1) is 0 Å². The van der Waals surface area contributed by atoms with E-state index in [1.165, 1.54) is 14.0 Å². The molecule has 0 bridgehead atoms. The molecule has 0 heterocycles. The molecule has 96 valence electrons. The van der Waals surface area contributed by atoms with Crippen LogP contribution in [0.15, 0.2) is 35.3 Å². The van der Waals surface area contributed by atoms with Gasteiger partial charge in [0.2, 0.25) is 0 Å². The lowest BCUT2D eigenvalue weighted by atomic mass is 10.2. The Labute approximate surface area is 105 Å². The second-order valence-electron chi connectivity index (χ2n) is 3.54. The van der Waals surface area contributed by atoms with Crippen LogP contribution in [0.2, 0.25) is 0 Å². The number of carbonyl (C=O) groups is 2. The molecule has 1 rings (SSSR count). The molecule has 0 aliphatic carbocycles. The summed E-state index contributed by atoms with van der Waals surface area (Å²) in [4.78, 5) is 26.1. The molecule has 0 fully saturated rings. The maximum absolute atomic E-state index is 11.5. The van der Waals surface area contributed by atoms with Crippen molar-refractivity contribution in [3.63, 3.8) is 0 Å². The molecule has 0 radical (unpaired) electrons. The molecule has 0 aliphatic rings. The lowest BCUT2D eigenvalue weighted by molar-refractivity contribution is -0.138. The van der Waals surface area contributed by atoms with Crippen molar-refractivity contribution in [1.82, 2.24) is 0 Å². The maximum atomic E-state index is 11.5. The van der Waals surface area contributed by atoms with E-state index in [2.05, 4.69) is 9.73 Å². The van der Waals surface area contributed by atoms with Gasteiger partial charge in [-0.3, -0.25) is 9.79 Å². The summed E-state index contributed by atoms with van der Waals surface area (Å²) < 4.78 is 9.45. The second kappa shape index (κ2) is 7.21. The van der Waals surface area contributed by atoms with Gasteiger partial charge in [-0.25, -0.2) is 4.79 Å². The first kappa shape index (κ1) is 13.9. The van der Waals surface area contributed by atoms with Crippen molar-refractivity contribution in [1.29, 1.82) is 0 Å². The molecule has 0 aromatic heterocycles. The summed E-state index contributed by atoms with van der Waals surface area (Å²) in [5, 5.41) is 0. The molecule has 0 unspecified atom stereocenters. The van der Waals surface area contributed by atoms with E-state index in [4.69, 9.17) is 4.74 Å². The fraction of sp³-hybridized carbons (Fsp3) is 0.308. The van der Waals surface area contributed by atoms with Crippen molar-refractivity contribution >= 4 is 17.7 Å². The van der Waals surface area contributed by atoms with Crippen LogP contribution in [0.5, 0.6) is 0 Å². The first-order chi connectivity index (χ1) is 8.63. The van der Waals surface area contributed by atoms with E-state index in [-0.39, 0.29) is 18.9 Å². The van der Waals surface area contributed by atoms with Crippen LogP contribution < -0.4 is 0 Å². The Bertz CT molecular complexity index is 440. The van der Waals surface area contributed by atoms with Crippen LogP contribution in [0.25, 0.3) is 0 Å². The first-order valence-electron chi connectivity index (χ1n) is 5.42. The quantitative estimate of drug-likeness (QED) is 0.584. The number of rotatable bonds is 5. The largest absolute Gasteiger partial charge is 0.468 e. The van der Waals surface area contributed by atoms with Gasteiger partial charge in [0.15, 0.2) is 0 Å². The van der Waals surface area contributed by atoms with Gasteiger partial charge >= 0.3 is 11.9 Å². The Balaban J connectivity index is 2.43. The average molecular weight is 249 g/mol. The highest BCUT2D eigenvalue weighted by Crippen LogP contribution is 2.01. The van der Waals surface area contributed by atoms with Crippen molar-refractivity contribution in [2.45, 2.75) is 13.5 Å². The van der Waals surface area contributed by atoms with Crippen molar-refractivity contribution in [3.05, 3.63) is 35.9 Å². The zero-order chi connectivity index (χ0) is 13.4. The van der Waals surface area contributed by atoms with Crippen LogP contribution in [0.3, 0.4) is 0 Å². The fourth-order valence-electron chi connectivity index (χ4n) is 1.14. The maximum Gasteiger partial charge on any atom is 0.352 e. The molecule has 5 heteroatoms. The molecule has 0 N–H and O–H groups in total. The topological polar surface area (TPSA) is 65.0 Å². The fourth-order valence-corrected chi connectivity index (χ4v) is 1.14. The lowest BCUT2D eigenvalue weighted by Crippen LogP contribution is -2.16. The van der Waals surface area contributed by atoms with Crippen LogP contribution in [0.4, 0.5) is 0 Å². The van der Waals surface area contributed by atoms with Gasteiger partial charge in [0.05, 0.1) is 7.11 Å². The van der Waals surface area contributed by atoms with E-state index < -0.39 is 11.9 Å². The zero-order valence-corrected chi connectivity index (χ0v) is 10.4. The molecule has 1 aromatic carbocycles. The normalized spacial score (nSPS) is 10.9. The van der Waals surface area contributed by atoms with Crippen LogP contribution in [-0.4, -0.2) is 31.3 Å². The number of benzene rings is 1. The minimum Gasteiger partial charge on any atom is -0.468 e. The van der Waals surface area contributed by atoms with Crippen molar-refractivity contribution in [2.24, 2.45) is 4.99 Å². The van der Waals surface area contributed by atoms with E-state index in [9.17, 15) is 9.59 Å². The Morgan fingerprint density at radius 3 is 2.50 bits per heavy atom. The Morgan fingerprint density at radius 1 is 1.22 bits per heavy atom. The lowest BCUT2D eigenvalue weighted by Gasteiger charge is -2.04. The molecule has 18 heavy (non-hydrogen) atoms. The third kappa shape index (κ3) is 4.78. The van der Waals surface area contributed by atoms with Crippen molar-refractivity contribution in [3.8, 4) is 0 Å². The van der Waals surface area contributed by atoms with Crippen LogP contribution in [0.1, 0.15) is 12.5 Å². The summed E-state index contributed by atoms with van der Waals surface area (Å²) in [5.41, 5.74) is 1.04. The molecule has 5 nitrogen and oxygen atoms in total. The Hall–Kier alpha value is -2.17. The molecular weight excluding hydrogens is 234 g/mol. The molecular formula is C13H15NO4. The Kier molecular flexibility index (Phi) is 5.57. The van der Waals surface area contributed by atoms with Crippen molar-refractivity contribution < 1.29 is 19.1 Å². The Morgan fingerprint density at radius 2 is 1.89 bits per heavy atom. The predicted octanol–water partition coefficient (Wildman–Crippen LogP) is 1.36. The smallest absolute Gasteiger partial charge is 0.352 e. The van der Waals surface area contributed by atoms with Crippen LogP contribution >= 0.6 is 0 Å². The number of methoxy groups -OCH3 is 1. The highest BCUT2D eigenvalue weighted by atomic mass is 16.5. The molecule has 0 atom stereocenters. The van der Waals surface area contributed by atoms with E-state index >= 15 is 0 Å². The van der Waals surface area contributed by atoms with Gasteiger partial charge in [-0.05, 0) is 12.5 Å². The molecule has 0 amide bonds. The first-order valence-corrected chi connectivity index (χ1v) is 5.42. The summed E-state index contributed by atoms with van der Waals surface area (Å²) in [6.07, 6.45) is 0. The third-order valence-electron chi connectivity index (χ3n) is 2.18. The SMILES string of the molecule is COC(=O)CN=C(C)C(=O)OCc1ccccc1. The molecule has 0 spiro atoms. The summed E-state index contributed by atoms with van der Waals surface area (Å²) >= 11 is 0. The summed E-state index contributed by atoms with van der Waals surface area (Å²) in [6, 6.07) is 9.32. The van der Waals surface area contributed by atoms with E-state index in [0.717, 1.165) is 5.56 Å². The number of hydrogen-bond acceptors (Lipinski definition) is 5. The van der Waals surface area contributed by atoms with Crippen molar-refractivity contribution in [2.75, 3.05) is 13.7 Å². The second-order valence-corrected chi connectivity index (χ2v) is 3.54. The zero-order valence-electron chi connectivity index (χ0n) is 10.4. The highest BCUT2D eigenvalue weighted by molar-refractivity contribution is 6.35. The highest BCUT2D eigenvalue weighted by Gasteiger charge is 2.08. The summed E-state index contributed by atoms with van der Waals surface area (Å²) in [6.45, 7) is 1.50. The van der Waals surface area contributed by atoms with Gasteiger partial charge in [-0.15, -0.1) is 0 Å². The summed E-state index contributed by atoms with van der Waals surface area (Å²) in [7, 11) is 1.26. The standard InChI is InChI=1S/C13H15NO4/c1-10(14-8-12(15)17-2)13(16)18-9-11-6-4-3-5-7-11/h3-7H,8-9H2,1-2H3. The number of carbonyl (C=O) groups excluding carboxylic acids is 2. The molecule has 0 aliphatic heterocycles. The summed E-state index contributed by atoms with van der Waals surface area (Å²) in [5.74, 6) is -1.03. The monoisotopic (exact) mass is 249 g/mol. The number of ether oxygens (including phenoxy) is 2. The van der Waals surface area contributed by atoms with Gasteiger partial charge in [0.25, 0.3) is 0 Å². The minimum atomic E-state index is -0.539. The van der Waals surface area contributed by atoms with E-state index in [1.54, 1.807) is 0 Å². The van der Waals surface area contributed by atoms with Gasteiger partial charge in [0.1, 0.15) is 18.9 Å². The molecule has 0 saturated carbocycles. The number of hydrogen-bond donors (Lipinski definition) is 0. The number of esters is 2. The van der Waals surface area contributed by atoms with Gasteiger partial charge in [-0.1, -0.05) is 30.3 Å². The van der Waals surface area contributed by atoms with E-state index in [1.807, 2.05) is 30.3 Å². The number of nitrogens with zero attached hydrogens (tertiary/aromatic N) is 1. The van der Waals surface area contributed by atoms with E-state index in [0.29, 0.717) is 0 Å².